The summed E-state index contributed by atoms with van der Waals surface area (Å²) in [6, 6.07) is 0. The van der Waals surface area contributed by atoms with Crippen LogP contribution in [0.4, 0.5) is 0 Å². The number of imidazole rings is 1. The van der Waals surface area contributed by atoms with Gasteiger partial charge in [-0.1, -0.05) is 20.8 Å². The fraction of sp³-hybridized carbons (Fsp3) is 0.789. The molecule has 0 bridgehead atoms. The van der Waals surface area contributed by atoms with E-state index in [1.165, 1.54) is 18.5 Å². The molecule has 1 fully saturated rings. The first-order valence-electron chi connectivity index (χ1n) is 9.50. The molecule has 0 radical (unpaired) electrons. The van der Waals surface area contributed by atoms with Crippen LogP contribution in [0.1, 0.15) is 63.2 Å². The Kier molecular flexibility index (Phi) is 5.28. The second kappa shape index (κ2) is 7.26. The van der Waals surface area contributed by atoms with Gasteiger partial charge in [-0.05, 0) is 37.8 Å². The summed E-state index contributed by atoms with van der Waals surface area (Å²) >= 11 is 0. The topological polar surface area (TPSA) is 50.2 Å². The number of carbonyl (C=O) groups excluding carboxylic acids is 1. The lowest BCUT2D eigenvalue weighted by molar-refractivity contribution is -0.133. The van der Waals surface area contributed by atoms with Gasteiger partial charge in [0, 0.05) is 38.0 Å². The zero-order valence-electron chi connectivity index (χ0n) is 15.6. The Morgan fingerprint density at radius 3 is 2.67 bits per heavy atom. The molecule has 0 aromatic carbocycles. The molecule has 1 aromatic rings. The van der Waals surface area contributed by atoms with E-state index in [-0.39, 0.29) is 0 Å². The van der Waals surface area contributed by atoms with Gasteiger partial charge >= 0.3 is 0 Å². The van der Waals surface area contributed by atoms with Crippen LogP contribution < -0.4 is 5.32 Å². The van der Waals surface area contributed by atoms with E-state index in [2.05, 4.69) is 37.7 Å². The summed E-state index contributed by atoms with van der Waals surface area (Å²) in [5, 5.41) is 3.41. The van der Waals surface area contributed by atoms with Crippen molar-refractivity contribution in [3.05, 3.63) is 17.2 Å². The molecule has 134 valence electrons. The summed E-state index contributed by atoms with van der Waals surface area (Å²) in [5.41, 5.74) is 2.42. The van der Waals surface area contributed by atoms with Gasteiger partial charge in [-0.2, -0.15) is 0 Å². The Morgan fingerprint density at radius 1 is 1.29 bits per heavy atom. The van der Waals surface area contributed by atoms with Crippen LogP contribution in [-0.4, -0.2) is 40.0 Å². The highest BCUT2D eigenvalue weighted by Gasteiger charge is 2.28. The van der Waals surface area contributed by atoms with Gasteiger partial charge in [-0.25, -0.2) is 4.98 Å². The summed E-state index contributed by atoms with van der Waals surface area (Å²) in [6.45, 7) is 10.3. The minimum absolute atomic E-state index is 0.309. The van der Waals surface area contributed by atoms with E-state index in [1.807, 2.05) is 4.90 Å². The number of fused-ring (bicyclic) bond motifs is 1. The number of piperidine rings is 1. The molecule has 2 aliphatic rings. The summed E-state index contributed by atoms with van der Waals surface area (Å²) < 4.78 is 2.24. The largest absolute Gasteiger partial charge is 0.336 e. The molecule has 2 aliphatic heterocycles. The van der Waals surface area contributed by atoms with Crippen molar-refractivity contribution in [1.29, 1.82) is 0 Å². The molecule has 1 atom stereocenters. The average Bonchev–Trinajstić information content (AvgIpc) is 2.92. The van der Waals surface area contributed by atoms with E-state index in [0.717, 1.165) is 37.6 Å². The van der Waals surface area contributed by atoms with Crippen molar-refractivity contribution in [1.82, 2.24) is 19.8 Å². The molecule has 0 aliphatic carbocycles. The highest BCUT2D eigenvalue weighted by Crippen LogP contribution is 2.27. The van der Waals surface area contributed by atoms with Crippen LogP contribution in [0.3, 0.4) is 0 Å². The van der Waals surface area contributed by atoms with Crippen molar-refractivity contribution in [3.63, 3.8) is 0 Å². The third-order valence-electron chi connectivity index (χ3n) is 5.84. The molecule has 1 amide bonds. The fourth-order valence-corrected chi connectivity index (χ4v) is 4.26. The second-order valence-corrected chi connectivity index (χ2v) is 7.91. The third kappa shape index (κ3) is 3.51. The van der Waals surface area contributed by atoms with Crippen LogP contribution in [0.15, 0.2) is 0 Å². The molecular formula is C19H32N4O. The van der Waals surface area contributed by atoms with E-state index in [0.29, 0.717) is 36.6 Å². The van der Waals surface area contributed by atoms with E-state index >= 15 is 0 Å². The molecule has 5 nitrogen and oxygen atoms in total. The molecule has 3 rings (SSSR count). The van der Waals surface area contributed by atoms with E-state index in [4.69, 9.17) is 4.98 Å². The molecule has 1 aromatic heterocycles. The first-order chi connectivity index (χ1) is 11.5. The lowest BCUT2D eigenvalue weighted by Crippen LogP contribution is -2.38. The summed E-state index contributed by atoms with van der Waals surface area (Å²) in [5.74, 6) is 3.04. The van der Waals surface area contributed by atoms with Crippen LogP contribution >= 0.6 is 0 Å². The van der Waals surface area contributed by atoms with Gasteiger partial charge in [-0.3, -0.25) is 4.79 Å². The quantitative estimate of drug-likeness (QED) is 0.921. The Hall–Kier alpha value is -1.36. The molecule has 1 N–H and O–H groups in total. The highest BCUT2D eigenvalue weighted by atomic mass is 16.2. The van der Waals surface area contributed by atoms with Gasteiger partial charge < -0.3 is 14.8 Å². The summed E-state index contributed by atoms with van der Waals surface area (Å²) in [4.78, 5) is 19.6. The van der Waals surface area contributed by atoms with Crippen LogP contribution in [0.5, 0.6) is 0 Å². The number of carbonyl (C=O) groups is 1. The number of amides is 1. The molecule has 3 heterocycles. The minimum Gasteiger partial charge on any atom is -0.336 e. The maximum absolute atomic E-state index is 12.8. The lowest BCUT2D eigenvalue weighted by Gasteiger charge is -2.31. The maximum Gasteiger partial charge on any atom is 0.223 e. The van der Waals surface area contributed by atoms with E-state index in [1.54, 1.807) is 0 Å². The molecule has 1 saturated heterocycles. The Morgan fingerprint density at radius 2 is 2.00 bits per heavy atom. The second-order valence-electron chi connectivity index (χ2n) is 7.91. The van der Waals surface area contributed by atoms with Crippen molar-refractivity contribution < 1.29 is 4.79 Å². The van der Waals surface area contributed by atoms with Crippen molar-refractivity contribution in [2.45, 2.75) is 58.9 Å². The first-order valence-corrected chi connectivity index (χ1v) is 9.50. The van der Waals surface area contributed by atoms with Gasteiger partial charge in [0.25, 0.3) is 0 Å². The smallest absolute Gasteiger partial charge is 0.223 e. The lowest BCUT2D eigenvalue weighted by atomic mass is 9.84. The molecule has 0 spiro atoms. The highest BCUT2D eigenvalue weighted by molar-refractivity contribution is 5.76. The molecule has 1 unspecified atom stereocenters. The van der Waals surface area contributed by atoms with Crippen molar-refractivity contribution in [2.24, 2.45) is 18.9 Å². The number of nitrogens with zero attached hydrogens (tertiary/aromatic N) is 3. The SMILES string of the molecule is CC(C)c1nc2c(n1C)CCN(C(=O)CC(C)C1CCNCC1)C2. The minimum atomic E-state index is 0.309. The predicted octanol–water partition coefficient (Wildman–Crippen LogP) is 2.45. The van der Waals surface area contributed by atoms with Gasteiger partial charge in [0.2, 0.25) is 5.91 Å². The Labute approximate surface area is 145 Å². The van der Waals surface area contributed by atoms with Gasteiger partial charge in [0.1, 0.15) is 5.82 Å². The predicted molar refractivity (Wildman–Crippen MR) is 95.8 cm³/mol. The first kappa shape index (κ1) is 17.5. The van der Waals surface area contributed by atoms with Crippen molar-refractivity contribution >= 4 is 5.91 Å². The van der Waals surface area contributed by atoms with Crippen LogP contribution in [-0.2, 0) is 24.8 Å². The van der Waals surface area contributed by atoms with Crippen LogP contribution in [0.2, 0.25) is 0 Å². The zero-order valence-corrected chi connectivity index (χ0v) is 15.6. The molecule has 24 heavy (non-hydrogen) atoms. The summed E-state index contributed by atoms with van der Waals surface area (Å²) in [6.07, 6.45) is 4.02. The molecule has 5 heteroatoms. The van der Waals surface area contributed by atoms with Gasteiger partial charge in [0.05, 0.1) is 12.2 Å². The number of rotatable bonds is 4. The molecular weight excluding hydrogens is 300 g/mol. The standard InChI is InChI=1S/C19H32N4O/c1-13(2)19-21-16-12-23(10-7-17(16)22(19)4)18(24)11-14(3)15-5-8-20-9-6-15/h13-15,20H,5-12H2,1-4H3. The normalized spacial score (nSPS) is 20.3. The number of aromatic nitrogens is 2. The number of hydrogen-bond acceptors (Lipinski definition) is 3. The third-order valence-corrected chi connectivity index (χ3v) is 5.84. The summed E-state index contributed by atoms with van der Waals surface area (Å²) in [7, 11) is 2.11. The van der Waals surface area contributed by atoms with Crippen LogP contribution in [0.25, 0.3) is 0 Å². The van der Waals surface area contributed by atoms with E-state index in [9.17, 15) is 4.79 Å². The Bertz CT molecular complexity index is 586. The Balaban J connectivity index is 1.62. The van der Waals surface area contributed by atoms with Gasteiger partial charge in [0.15, 0.2) is 0 Å². The zero-order chi connectivity index (χ0) is 17.3. The van der Waals surface area contributed by atoms with Crippen LogP contribution in [0, 0.1) is 11.8 Å². The number of nitrogens with one attached hydrogen (secondary N) is 1. The monoisotopic (exact) mass is 332 g/mol. The average molecular weight is 332 g/mol. The fourth-order valence-electron chi connectivity index (χ4n) is 4.26. The number of hydrogen-bond donors (Lipinski definition) is 1. The molecule has 0 saturated carbocycles. The van der Waals surface area contributed by atoms with Gasteiger partial charge in [-0.15, -0.1) is 0 Å². The van der Waals surface area contributed by atoms with Crippen molar-refractivity contribution in [2.75, 3.05) is 19.6 Å². The maximum atomic E-state index is 12.8. The van der Waals surface area contributed by atoms with E-state index < -0.39 is 0 Å². The van der Waals surface area contributed by atoms with Crippen molar-refractivity contribution in [3.8, 4) is 0 Å².